The number of thiophene rings is 1. The SMILES string of the molecule is CCC(N)(CC)CNC(=O)Cc1ccsc1. The summed E-state index contributed by atoms with van der Waals surface area (Å²) in [6, 6.07) is 1.97. The van der Waals surface area contributed by atoms with E-state index in [1.165, 1.54) is 0 Å². The van der Waals surface area contributed by atoms with Crippen LogP contribution in [-0.4, -0.2) is 18.0 Å². The monoisotopic (exact) mass is 240 g/mol. The van der Waals surface area contributed by atoms with Gasteiger partial charge in [-0.3, -0.25) is 4.79 Å². The molecule has 0 aliphatic carbocycles. The van der Waals surface area contributed by atoms with Crippen molar-refractivity contribution in [2.75, 3.05) is 6.54 Å². The van der Waals surface area contributed by atoms with E-state index in [4.69, 9.17) is 5.73 Å². The van der Waals surface area contributed by atoms with Gasteiger partial charge in [0.05, 0.1) is 6.42 Å². The summed E-state index contributed by atoms with van der Waals surface area (Å²) in [5.41, 5.74) is 6.91. The molecule has 1 amide bonds. The Bertz CT molecular complexity index is 318. The Balaban J connectivity index is 2.35. The van der Waals surface area contributed by atoms with Gasteiger partial charge >= 0.3 is 0 Å². The third kappa shape index (κ3) is 3.94. The molecule has 4 heteroatoms. The fraction of sp³-hybridized carbons (Fsp3) is 0.583. The Morgan fingerprint density at radius 1 is 1.50 bits per heavy atom. The van der Waals surface area contributed by atoms with Crippen molar-refractivity contribution in [1.29, 1.82) is 0 Å². The smallest absolute Gasteiger partial charge is 0.224 e. The molecule has 0 aliphatic heterocycles. The number of nitrogens with one attached hydrogen (secondary N) is 1. The second kappa shape index (κ2) is 6.01. The molecule has 1 aromatic rings. The highest BCUT2D eigenvalue weighted by molar-refractivity contribution is 7.07. The number of hydrogen-bond donors (Lipinski definition) is 2. The first kappa shape index (κ1) is 13.2. The summed E-state index contributed by atoms with van der Waals surface area (Å²) in [4.78, 5) is 11.6. The lowest BCUT2D eigenvalue weighted by atomic mass is 9.94. The fourth-order valence-corrected chi connectivity index (χ4v) is 2.08. The van der Waals surface area contributed by atoms with E-state index in [0.717, 1.165) is 18.4 Å². The number of amides is 1. The highest BCUT2D eigenvalue weighted by atomic mass is 32.1. The van der Waals surface area contributed by atoms with Gasteiger partial charge in [0, 0.05) is 12.1 Å². The molecule has 0 spiro atoms. The minimum Gasteiger partial charge on any atom is -0.354 e. The Morgan fingerprint density at radius 3 is 2.69 bits per heavy atom. The molecule has 0 saturated heterocycles. The molecule has 0 aliphatic rings. The quantitative estimate of drug-likeness (QED) is 0.798. The molecule has 0 atom stereocenters. The maximum absolute atomic E-state index is 11.6. The van der Waals surface area contributed by atoms with Crippen molar-refractivity contribution < 1.29 is 4.79 Å². The zero-order chi connectivity index (χ0) is 12.0. The van der Waals surface area contributed by atoms with E-state index in [0.29, 0.717) is 13.0 Å². The molecule has 0 aromatic carbocycles. The van der Waals surface area contributed by atoms with E-state index in [2.05, 4.69) is 19.2 Å². The van der Waals surface area contributed by atoms with E-state index in [1.54, 1.807) is 11.3 Å². The van der Waals surface area contributed by atoms with Gasteiger partial charge in [-0.05, 0) is 35.2 Å². The van der Waals surface area contributed by atoms with Crippen LogP contribution in [0.15, 0.2) is 16.8 Å². The predicted octanol–water partition coefficient (Wildman–Crippen LogP) is 1.92. The van der Waals surface area contributed by atoms with Crippen LogP contribution >= 0.6 is 11.3 Å². The number of hydrogen-bond acceptors (Lipinski definition) is 3. The Hall–Kier alpha value is -0.870. The third-order valence-corrected chi connectivity index (χ3v) is 3.72. The van der Waals surface area contributed by atoms with Gasteiger partial charge in [-0.2, -0.15) is 11.3 Å². The van der Waals surface area contributed by atoms with Gasteiger partial charge in [0.1, 0.15) is 0 Å². The minimum atomic E-state index is -0.260. The highest BCUT2D eigenvalue weighted by Crippen LogP contribution is 2.10. The van der Waals surface area contributed by atoms with Crippen molar-refractivity contribution >= 4 is 17.2 Å². The molecule has 90 valence electrons. The second-order valence-electron chi connectivity index (χ2n) is 4.15. The van der Waals surface area contributed by atoms with Crippen LogP contribution in [0, 0.1) is 0 Å². The van der Waals surface area contributed by atoms with Crippen molar-refractivity contribution in [1.82, 2.24) is 5.32 Å². The van der Waals surface area contributed by atoms with E-state index >= 15 is 0 Å². The van der Waals surface area contributed by atoms with Crippen LogP contribution in [0.4, 0.5) is 0 Å². The molecule has 0 unspecified atom stereocenters. The summed E-state index contributed by atoms with van der Waals surface area (Å²) in [6.45, 7) is 4.66. The van der Waals surface area contributed by atoms with Crippen LogP contribution in [0.3, 0.4) is 0 Å². The average molecular weight is 240 g/mol. The van der Waals surface area contributed by atoms with E-state index in [-0.39, 0.29) is 11.4 Å². The van der Waals surface area contributed by atoms with Gasteiger partial charge in [0.25, 0.3) is 0 Å². The van der Waals surface area contributed by atoms with Gasteiger partial charge < -0.3 is 11.1 Å². The maximum atomic E-state index is 11.6. The summed E-state index contributed by atoms with van der Waals surface area (Å²) in [5.74, 6) is 0.0510. The number of rotatable bonds is 6. The van der Waals surface area contributed by atoms with Crippen LogP contribution in [0.2, 0.25) is 0 Å². The lowest BCUT2D eigenvalue weighted by Gasteiger charge is -2.26. The molecular weight excluding hydrogens is 220 g/mol. The molecule has 0 radical (unpaired) electrons. The predicted molar refractivity (Wildman–Crippen MR) is 68.5 cm³/mol. The molecular formula is C12H20N2OS. The topological polar surface area (TPSA) is 55.1 Å². The largest absolute Gasteiger partial charge is 0.354 e. The van der Waals surface area contributed by atoms with Crippen molar-refractivity contribution in [3.05, 3.63) is 22.4 Å². The van der Waals surface area contributed by atoms with Crippen molar-refractivity contribution in [2.45, 2.75) is 38.6 Å². The van der Waals surface area contributed by atoms with Gasteiger partial charge in [-0.15, -0.1) is 0 Å². The van der Waals surface area contributed by atoms with Gasteiger partial charge in [0.2, 0.25) is 5.91 Å². The fourth-order valence-electron chi connectivity index (χ4n) is 1.42. The minimum absolute atomic E-state index is 0.0510. The number of carbonyl (C=O) groups is 1. The Kier molecular flexibility index (Phi) is 4.96. The molecule has 0 fully saturated rings. The van der Waals surface area contributed by atoms with Crippen LogP contribution in [0.25, 0.3) is 0 Å². The van der Waals surface area contributed by atoms with Crippen molar-refractivity contribution in [3.8, 4) is 0 Å². The Morgan fingerprint density at radius 2 is 2.19 bits per heavy atom. The van der Waals surface area contributed by atoms with Crippen LogP contribution in [0.5, 0.6) is 0 Å². The van der Waals surface area contributed by atoms with E-state index < -0.39 is 0 Å². The lowest BCUT2D eigenvalue weighted by Crippen LogP contribution is -2.49. The first-order valence-electron chi connectivity index (χ1n) is 5.66. The zero-order valence-electron chi connectivity index (χ0n) is 9.95. The zero-order valence-corrected chi connectivity index (χ0v) is 10.8. The average Bonchev–Trinajstić information content (AvgIpc) is 2.79. The van der Waals surface area contributed by atoms with Crippen LogP contribution in [0.1, 0.15) is 32.3 Å². The molecule has 0 saturated carbocycles. The van der Waals surface area contributed by atoms with Gasteiger partial charge in [0.15, 0.2) is 0 Å². The second-order valence-corrected chi connectivity index (χ2v) is 4.93. The third-order valence-electron chi connectivity index (χ3n) is 2.99. The maximum Gasteiger partial charge on any atom is 0.224 e. The van der Waals surface area contributed by atoms with Crippen LogP contribution in [-0.2, 0) is 11.2 Å². The number of carbonyl (C=O) groups excluding carboxylic acids is 1. The van der Waals surface area contributed by atoms with Crippen molar-refractivity contribution in [3.63, 3.8) is 0 Å². The molecule has 0 bridgehead atoms. The Labute approximate surface area is 101 Å². The molecule has 3 N–H and O–H groups in total. The van der Waals surface area contributed by atoms with E-state index in [9.17, 15) is 4.79 Å². The lowest BCUT2D eigenvalue weighted by molar-refractivity contribution is -0.120. The molecule has 1 heterocycles. The van der Waals surface area contributed by atoms with Crippen molar-refractivity contribution in [2.24, 2.45) is 5.73 Å². The first-order valence-corrected chi connectivity index (χ1v) is 6.60. The summed E-state index contributed by atoms with van der Waals surface area (Å²) in [7, 11) is 0. The first-order chi connectivity index (χ1) is 7.59. The molecule has 16 heavy (non-hydrogen) atoms. The molecule has 1 rings (SSSR count). The summed E-state index contributed by atoms with van der Waals surface area (Å²) in [5, 5.41) is 6.88. The molecule has 1 aromatic heterocycles. The van der Waals surface area contributed by atoms with Crippen LogP contribution < -0.4 is 11.1 Å². The number of nitrogens with two attached hydrogens (primary N) is 1. The van der Waals surface area contributed by atoms with E-state index in [1.807, 2.05) is 16.8 Å². The summed E-state index contributed by atoms with van der Waals surface area (Å²) < 4.78 is 0. The summed E-state index contributed by atoms with van der Waals surface area (Å²) >= 11 is 1.61. The van der Waals surface area contributed by atoms with Gasteiger partial charge in [-0.1, -0.05) is 13.8 Å². The standard InChI is InChI=1S/C12H20N2OS/c1-3-12(13,4-2)9-14-11(15)7-10-5-6-16-8-10/h5-6,8H,3-4,7,9,13H2,1-2H3,(H,14,15). The van der Waals surface area contributed by atoms with Gasteiger partial charge in [-0.25, -0.2) is 0 Å². The normalized spacial score (nSPS) is 11.4. The highest BCUT2D eigenvalue weighted by Gasteiger charge is 2.20. The summed E-state index contributed by atoms with van der Waals surface area (Å²) in [6.07, 6.45) is 2.21. The molecule has 3 nitrogen and oxygen atoms in total.